The SMILES string of the molecule is CCc1cccc(N2CC(C(=O)NCc3ccc(Cn4ccnc4)cc3)CC2=O)c1. The van der Waals surface area contributed by atoms with E-state index in [-0.39, 0.29) is 24.2 Å². The number of carbonyl (C=O) groups is 2. The second kappa shape index (κ2) is 8.95. The highest BCUT2D eigenvalue weighted by Gasteiger charge is 2.35. The maximum absolute atomic E-state index is 12.6. The molecule has 0 saturated carbocycles. The Morgan fingerprint density at radius 1 is 1.13 bits per heavy atom. The number of nitrogens with zero attached hydrogens (tertiary/aromatic N) is 3. The van der Waals surface area contributed by atoms with Crippen molar-refractivity contribution in [3.63, 3.8) is 0 Å². The minimum Gasteiger partial charge on any atom is -0.352 e. The van der Waals surface area contributed by atoms with Crippen molar-refractivity contribution in [2.45, 2.75) is 32.9 Å². The van der Waals surface area contributed by atoms with E-state index in [2.05, 4.69) is 35.4 Å². The van der Waals surface area contributed by atoms with Crippen molar-refractivity contribution in [1.29, 1.82) is 0 Å². The zero-order chi connectivity index (χ0) is 20.9. The first-order valence-electron chi connectivity index (χ1n) is 10.3. The van der Waals surface area contributed by atoms with E-state index in [1.165, 1.54) is 11.1 Å². The molecule has 1 N–H and O–H groups in total. The average molecular weight is 402 g/mol. The molecule has 1 aliphatic heterocycles. The number of nitrogens with one attached hydrogen (secondary N) is 1. The van der Waals surface area contributed by atoms with Crippen molar-refractivity contribution < 1.29 is 9.59 Å². The van der Waals surface area contributed by atoms with Gasteiger partial charge in [-0.2, -0.15) is 0 Å². The van der Waals surface area contributed by atoms with Gasteiger partial charge in [-0.25, -0.2) is 4.98 Å². The Hall–Kier alpha value is -3.41. The normalized spacial score (nSPS) is 16.1. The van der Waals surface area contributed by atoms with Gasteiger partial charge in [-0.15, -0.1) is 0 Å². The largest absolute Gasteiger partial charge is 0.352 e. The van der Waals surface area contributed by atoms with E-state index in [1.807, 2.05) is 41.1 Å². The van der Waals surface area contributed by atoms with Crippen molar-refractivity contribution >= 4 is 17.5 Å². The number of anilines is 1. The topological polar surface area (TPSA) is 67.2 Å². The van der Waals surface area contributed by atoms with Crippen LogP contribution in [-0.2, 0) is 29.1 Å². The summed E-state index contributed by atoms with van der Waals surface area (Å²) in [6, 6.07) is 16.1. The second-order valence-electron chi connectivity index (χ2n) is 7.70. The summed E-state index contributed by atoms with van der Waals surface area (Å²) in [6.45, 7) is 3.75. The molecule has 1 fully saturated rings. The molecule has 0 radical (unpaired) electrons. The first-order chi connectivity index (χ1) is 14.6. The van der Waals surface area contributed by atoms with E-state index in [9.17, 15) is 9.59 Å². The smallest absolute Gasteiger partial charge is 0.227 e. The summed E-state index contributed by atoms with van der Waals surface area (Å²) >= 11 is 0. The summed E-state index contributed by atoms with van der Waals surface area (Å²) in [6.07, 6.45) is 6.66. The number of aromatic nitrogens is 2. The molecule has 2 heterocycles. The predicted octanol–water partition coefficient (Wildman–Crippen LogP) is 3.16. The van der Waals surface area contributed by atoms with E-state index in [0.717, 1.165) is 24.2 Å². The van der Waals surface area contributed by atoms with Crippen molar-refractivity contribution in [2.24, 2.45) is 5.92 Å². The van der Waals surface area contributed by atoms with Crippen LogP contribution in [0, 0.1) is 5.92 Å². The van der Waals surface area contributed by atoms with Gasteiger partial charge in [-0.05, 0) is 35.2 Å². The summed E-state index contributed by atoms with van der Waals surface area (Å²) in [4.78, 5) is 30.9. The first kappa shape index (κ1) is 19.9. The number of carbonyl (C=O) groups excluding carboxylic acids is 2. The van der Waals surface area contributed by atoms with Gasteiger partial charge in [0.15, 0.2) is 0 Å². The molecule has 1 aromatic heterocycles. The predicted molar refractivity (Wildman–Crippen MR) is 116 cm³/mol. The average Bonchev–Trinajstić information content (AvgIpc) is 3.42. The minimum absolute atomic E-state index is 0.00672. The van der Waals surface area contributed by atoms with E-state index >= 15 is 0 Å². The molecule has 30 heavy (non-hydrogen) atoms. The molecule has 2 amide bonds. The molecule has 154 valence electrons. The van der Waals surface area contributed by atoms with Crippen LogP contribution in [0.15, 0.2) is 67.3 Å². The quantitative estimate of drug-likeness (QED) is 0.660. The standard InChI is InChI=1S/C24H26N4O2/c1-2-18-4-3-5-22(12-18)28-16-21(13-23(28)29)24(30)26-14-19-6-8-20(9-7-19)15-27-11-10-25-17-27/h3-12,17,21H,2,13-16H2,1H3,(H,26,30). The molecule has 1 unspecified atom stereocenters. The summed E-state index contributed by atoms with van der Waals surface area (Å²) in [5.74, 6) is -0.379. The number of rotatable bonds is 7. The molecule has 3 aromatic rings. The Morgan fingerprint density at radius 2 is 1.93 bits per heavy atom. The number of imidazole rings is 1. The fourth-order valence-electron chi connectivity index (χ4n) is 3.76. The molecule has 6 heteroatoms. The molecule has 0 aliphatic carbocycles. The third-order valence-electron chi connectivity index (χ3n) is 5.54. The van der Waals surface area contributed by atoms with Gasteiger partial charge in [-0.1, -0.05) is 43.3 Å². The third-order valence-corrected chi connectivity index (χ3v) is 5.54. The summed E-state index contributed by atoms with van der Waals surface area (Å²) < 4.78 is 2.01. The summed E-state index contributed by atoms with van der Waals surface area (Å²) in [5.41, 5.74) is 4.27. The molecule has 1 saturated heterocycles. The number of hydrogen-bond donors (Lipinski definition) is 1. The zero-order valence-corrected chi connectivity index (χ0v) is 17.1. The highest BCUT2D eigenvalue weighted by molar-refractivity contribution is 6.00. The van der Waals surface area contributed by atoms with Gasteiger partial charge in [0.25, 0.3) is 0 Å². The molecule has 1 aliphatic rings. The van der Waals surface area contributed by atoms with Crippen molar-refractivity contribution in [1.82, 2.24) is 14.9 Å². The maximum atomic E-state index is 12.6. The summed E-state index contributed by atoms with van der Waals surface area (Å²) in [7, 11) is 0. The van der Waals surface area contributed by atoms with Gasteiger partial charge in [0.05, 0.1) is 12.2 Å². The Bertz CT molecular complexity index is 1010. The maximum Gasteiger partial charge on any atom is 0.227 e. The molecule has 0 bridgehead atoms. The van der Waals surface area contributed by atoms with Crippen LogP contribution in [0.2, 0.25) is 0 Å². The van der Waals surface area contributed by atoms with E-state index in [4.69, 9.17) is 0 Å². The first-order valence-corrected chi connectivity index (χ1v) is 10.3. The summed E-state index contributed by atoms with van der Waals surface area (Å²) in [5, 5.41) is 2.99. The molecule has 2 aromatic carbocycles. The second-order valence-corrected chi connectivity index (χ2v) is 7.70. The van der Waals surface area contributed by atoms with Crippen LogP contribution in [0.4, 0.5) is 5.69 Å². The fraction of sp³-hybridized carbons (Fsp3) is 0.292. The minimum atomic E-state index is -0.316. The lowest BCUT2D eigenvalue weighted by Gasteiger charge is -2.17. The number of aryl methyl sites for hydroxylation is 1. The lowest BCUT2D eigenvalue weighted by Crippen LogP contribution is -2.32. The molecular formula is C24H26N4O2. The third kappa shape index (κ3) is 4.59. The van der Waals surface area contributed by atoms with Gasteiger partial charge < -0.3 is 14.8 Å². The molecule has 1 atom stereocenters. The Kier molecular flexibility index (Phi) is 5.93. The van der Waals surface area contributed by atoms with Gasteiger partial charge in [0.2, 0.25) is 11.8 Å². The lowest BCUT2D eigenvalue weighted by atomic mass is 10.1. The number of benzene rings is 2. The fourth-order valence-corrected chi connectivity index (χ4v) is 3.76. The molecule has 0 spiro atoms. The van der Waals surface area contributed by atoms with Crippen molar-refractivity contribution in [3.05, 3.63) is 83.9 Å². The Labute approximate surface area is 176 Å². The van der Waals surface area contributed by atoms with Gasteiger partial charge in [-0.3, -0.25) is 9.59 Å². The van der Waals surface area contributed by atoms with Crippen molar-refractivity contribution in [2.75, 3.05) is 11.4 Å². The van der Waals surface area contributed by atoms with E-state index < -0.39 is 0 Å². The highest BCUT2D eigenvalue weighted by Crippen LogP contribution is 2.26. The van der Waals surface area contributed by atoms with Crippen LogP contribution in [-0.4, -0.2) is 27.9 Å². The van der Waals surface area contributed by atoms with Crippen molar-refractivity contribution in [3.8, 4) is 0 Å². The van der Waals surface area contributed by atoms with E-state index in [1.54, 1.807) is 17.4 Å². The monoisotopic (exact) mass is 402 g/mol. The van der Waals surface area contributed by atoms with Crippen LogP contribution in [0.25, 0.3) is 0 Å². The van der Waals surface area contributed by atoms with Gasteiger partial charge >= 0.3 is 0 Å². The van der Waals surface area contributed by atoms with E-state index in [0.29, 0.717) is 13.1 Å². The van der Waals surface area contributed by atoms with Crippen LogP contribution < -0.4 is 10.2 Å². The number of amides is 2. The molecule has 6 nitrogen and oxygen atoms in total. The lowest BCUT2D eigenvalue weighted by molar-refractivity contribution is -0.126. The zero-order valence-electron chi connectivity index (χ0n) is 17.1. The Morgan fingerprint density at radius 3 is 2.67 bits per heavy atom. The number of hydrogen-bond acceptors (Lipinski definition) is 3. The molecule has 4 rings (SSSR count). The Balaban J connectivity index is 1.31. The molecular weight excluding hydrogens is 376 g/mol. The van der Waals surface area contributed by atoms with Gasteiger partial charge in [0, 0.05) is 44.1 Å². The van der Waals surface area contributed by atoms with Crippen LogP contribution in [0.3, 0.4) is 0 Å². The van der Waals surface area contributed by atoms with Crippen LogP contribution >= 0.6 is 0 Å². The van der Waals surface area contributed by atoms with Crippen LogP contribution in [0.5, 0.6) is 0 Å². The highest BCUT2D eigenvalue weighted by atomic mass is 16.2. The van der Waals surface area contributed by atoms with Crippen LogP contribution in [0.1, 0.15) is 30.0 Å². The van der Waals surface area contributed by atoms with Gasteiger partial charge in [0.1, 0.15) is 0 Å².